The van der Waals surface area contributed by atoms with E-state index in [-0.39, 0.29) is 0 Å². The first-order valence-electron chi connectivity index (χ1n) is 9.33. The molecule has 0 aliphatic rings. The molecule has 3 rings (SSSR count). The number of nitrogens with one attached hydrogen (secondary N) is 2. The van der Waals surface area contributed by atoms with Crippen LogP contribution in [0.4, 0.5) is 0 Å². The normalized spacial score (nSPS) is 11.3. The lowest BCUT2D eigenvalue weighted by atomic mass is 10.2. The average Bonchev–Trinajstić information content (AvgIpc) is 3.10. The van der Waals surface area contributed by atoms with E-state index in [4.69, 9.17) is 4.74 Å². The van der Waals surface area contributed by atoms with Crippen molar-refractivity contribution >= 4 is 5.96 Å². The number of rotatable bonds is 7. The minimum atomic E-state index is 0.496. The second-order valence-electron chi connectivity index (χ2n) is 6.37. The van der Waals surface area contributed by atoms with Gasteiger partial charge in [-0.05, 0) is 37.6 Å². The molecule has 0 aliphatic heterocycles. The molecule has 0 spiro atoms. The maximum atomic E-state index is 6.09. The zero-order chi connectivity index (χ0) is 19.8. The van der Waals surface area contributed by atoms with Crippen LogP contribution in [0.1, 0.15) is 23.9 Å². The molecule has 0 unspecified atom stereocenters. The van der Waals surface area contributed by atoms with Gasteiger partial charge in [0.1, 0.15) is 23.7 Å². The van der Waals surface area contributed by atoms with Gasteiger partial charge in [-0.3, -0.25) is 4.68 Å². The van der Waals surface area contributed by atoms with E-state index in [1.807, 2.05) is 56.4 Å². The van der Waals surface area contributed by atoms with Crippen LogP contribution < -0.4 is 15.4 Å². The Labute approximate surface area is 165 Å². The van der Waals surface area contributed by atoms with E-state index in [0.29, 0.717) is 13.1 Å². The van der Waals surface area contributed by atoms with Gasteiger partial charge in [-0.15, -0.1) is 0 Å². The third-order valence-electron chi connectivity index (χ3n) is 4.16. The summed E-state index contributed by atoms with van der Waals surface area (Å²) < 4.78 is 7.82. The summed E-state index contributed by atoms with van der Waals surface area (Å²) in [5.74, 6) is 3.19. The van der Waals surface area contributed by atoms with E-state index in [9.17, 15) is 0 Å². The summed E-state index contributed by atoms with van der Waals surface area (Å²) in [6.45, 7) is 5.90. The molecule has 0 fully saturated rings. The first kappa shape index (κ1) is 19.4. The second kappa shape index (κ2) is 9.55. The highest BCUT2D eigenvalue weighted by Gasteiger charge is 2.06. The van der Waals surface area contributed by atoms with Crippen molar-refractivity contribution in [2.24, 2.45) is 12.0 Å². The van der Waals surface area contributed by atoms with Crippen LogP contribution in [0.3, 0.4) is 0 Å². The van der Waals surface area contributed by atoms with Gasteiger partial charge < -0.3 is 15.4 Å². The standard InChI is InChI=1S/C21H26N6O/c1-4-22-21(24-14-20-25-15-26-27(20)3)23-13-17-9-5-6-11-19(17)28-18-10-7-8-16(2)12-18/h5-12,15H,4,13-14H2,1-3H3,(H2,22,23,24). The fourth-order valence-electron chi connectivity index (χ4n) is 2.69. The zero-order valence-electron chi connectivity index (χ0n) is 16.5. The van der Waals surface area contributed by atoms with Crippen molar-refractivity contribution in [2.45, 2.75) is 26.9 Å². The smallest absolute Gasteiger partial charge is 0.191 e. The lowest BCUT2D eigenvalue weighted by Crippen LogP contribution is -2.37. The molecule has 0 radical (unpaired) electrons. The van der Waals surface area contributed by atoms with Crippen LogP contribution in [0.15, 0.2) is 59.9 Å². The zero-order valence-corrected chi connectivity index (χ0v) is 16.5. The first-order valence-corrected chi connectivity index (χ1v) is 9.33. The third kappa shape index (κ3) is 5.33. The van der Waals surface area contributed by atoms with Crippen molar-refractivity contribution in [1.82, 2.24) is 25.4 Å². The Morgan fingerprint density at radius 1 is 1.14 bits per heavy atom. The Balaban J connectivity index is 1.70. The Kier molecular flexibility index (Phi) is 6.62. The maximum Gasteiger partial charge on any atom is 0.191 e. The van der Waals surface area contributed by atoms with Gasteiger partial charge >= 0.3 is 0 Å². The lowest BCUT2D eigenvalue weighted by molar-refractivity contribution is 0.476. The molecule has 0 saturated heterocycles. The van der Waals surface area contributed by atoms with E-state index in [2.05, 4.69) is 38.7 Å². The topological polar surface area (TPSA) is 76.4 Å². The minimum Gasteiger partial charge on any atom is -0.457 e. The predicted octanol–water partition coefficient (Wildman–Crippen LogP) is 3.17. The molecule has 0 bridgehead atoms. The average molecular weight is 378 g/mol. The fraction of sp³-hybridized carbons (Fsp3) is 0.286. The Morgan fingerprint density at radius 3 is 2.75 bits per heavy atom. The molecule has 28 heavy (non-hydrogen) atoms. The van der Waals surface area contributed by atoms with Crippen molar-refractivity contribution in [3.8, 4) is 11.5 Å². The van der Waals surface area contributed by atoms with Gasteiger partial charge in [0.05, 0.1) is 13.1 Å². The van der Waals surface area contributed by atoms with Crippen LogP contribution in [-0.4, -0.2) is 27.3 Å². The number of aromatic nitrogens is 3. The number of nitrogens with zero attached hydrogens (tertiary/aromatic N) is 4. The molecule has 0 saturated carbocycles. The molecule has 1 heterocycles. The van der Waals surface area contributed by atoms with Crippen molar-refractivity contribution in [2.75, 3.05) is 6.54 Å². The Bertz CT molecular complexity index is 934. The number of hydrogen-bond donors (Lipinski definition) is 2. The van der Waals surface area contributed by atoms with Crippen molar-refractivity contribution in [1.29, 1.82) is 0 Å². The maximum absolute atomic E-state index is 6.09. The van der Waals surface area contributed by atoms with E-state index in [0.717, 1.165) is 41.0 Å². The summed E-state index contributed by atoms with van der Waals surface area (Å²) in [5, 5.41) is 10.6. The molecule has 2 aromatic carbocycles. The highest BCUT2D eigenvalue weighted by molar-refractivity contribution is 5.79. The number of aliphatic imine (C=N–C) groups is 1. The van der Waals surface area contributed by atoms with E-state index >= 15 is 0 Å². The Hall–Kier alpha value is -3.35. The molecule has 1 aromatic heterocycles. The van der Waals surface area contributed by atoms with Gasteiger partial charge in [-0.1, -0.05) is 30.3 Å². The molecule has 3 aromatic rings. The highest BCUT2D eigenvalue weighted by atomic mass is 16.5. The summed E-state index contributed by atoms with van der Waals surface area (Å²) in [6.07, 6.45) is 1.54. The number of guanidine groups is 1. The number of hydrogen-bond acceptors (Lipinski definition) is 4. The SMILES string of the molecule is CCNC(=NCc1ccccc1Oc1cccc(C)c1)NCc1ncnn1C. The van der Waals surface area contributed by atoms with E-state index in [1.54, 1.807) is 11.0 Å². The van der Waals surface area contributed by atoms with Gasteiger partial charge in [0.15, 0.2) is 5.96 Å². The third-order valence-corrected chi connectivity index (χ3v) is 4.16. The molecular formula is C21H26N6O. The monoisotopic (exact) mass is 378 g/mol. The van der Waals surface area contributed by atoms with Gasteiger partial charge in [0, 0.05) is 19.2 Å². The molecule has 7 heteroatoms. The molecule has 146 valence electrons. The summed E-state index contributed by atoms with van der Waals surface area (Å²) in [4.78, 5) is 8.91. The Morgan fingerprint density at radius 2 is 2.00 bits per heavy atom. The number of aryl methyl sites for hydroxylation is 2. The van der Waals surface area contributed by atoms with Gasteiger partial charge in [0.2, 0.25) is 0 Å². The second-order valence-corrected chi connectivity index (χ2v) is 6.37. The summed E-state index contributed by atoms with van der Waals surface area (Å²) >= 11 is 0. The van der Waals surface area contributed by atoms with Gasteiger partial charge in [0.25, 0.3) is 0 Å². The number of para-hydroxylation sites is 1. The summed E-state index contributed by atoms with van der Waals surface area (Å²) in [6, 6.07) is 16.0. The van der Waals surface area contributed by atoms with Gasteiger partial charge in [-0.25, -0.2) is 9.98 Å². The van der Waals surface area contributed by atoms with Crippen LogP contribution in [0.5, 0.6) is 11.5 Å². The van der Waals surface area contributed by atoms with Crippen LogP contribution >= 0.6 is 0 Å². The summed E-state index contributed by atoms with van der Waals surface area (Å²) in [5.41, 5.74) is 2.18. The van der Waals surface area contributed by atoms with Crippen molar-refractivity contribution in [3.63, 3.8) is 0 Å². The van der Waals surface area contributed by atoms with Crippen LogP contribution in [-0.2, 0) is 20.1 Å². The van der Waals surface area contributed by atoms with Crippen LogP contribution in [0, 0.1) is 6.92 Å². The minimum absolute atomic E-state index is 0.496. The highest BCUT2D eigenvalue weighted by Crippen LogP contribution is 2.26. The molecule has 0 amide bonds. The molecular weight excluding hydrogens is 352 g/mol. The molecule has 2 N–H and O–H groups in total. The quantitative estimate of drug-likeness (QED) is 0.488. The molecule has 0 aliphatic carbocycles. The number of benzene rings is 2. The number of ether oxygens (including phenoxy) is 1. The molecule has 0 atom stereocenters. The van der Waals surface area contributed by atoms with E-state index < -0.39 is 0 Å². The van der Waals surface area contributed by atoms with Crippen molar-refractivity contribution < 1.29 is 4.74 Å². The van der Waals surface area contributed by atoms with Crippen LogP contribution in [0.25, 0.3) is 0 Å². The van der Waals surface area contributed by atoms with Crippen LogP contribution in [0.2, 0.25) is 0 Å². The lowest BCUT2D eigenvalue weighted by Gasteiger charge is -2.13. The summed E-state index contributed by atoms with van der Waals surface area (Å²) in [7, 11) is 1.87. The predicted molar refractivity (Wildman–Crippen MR) is 110 cm³/mol. The first-order chi connectivity index (χ1) is 13.7. The van der Waals surface area contributed by atoms with Gasteiger partial charge in [-0.2, -0.15) is 5.10 Å². The van der Waals surface area contributed by atoms with Crippen molar-refractivity contribution in [3.05, 3.63) is 71.8 Å². The largest absolute Gasteiger partial charge is 0.457 e. The molecule has 7 nitrogen and oxygen atoms in total. The van der Waals surface area contributed by atoms with E-state index in [1.165, 1.54) is 0 Å². The fourth-order valence-corrected chi connectivity index (χ4v) is 2.69.